The molecule has 0 N–H and O–H groups in total. The minimum atomic E-state index is -0.175. The van der Waals surface area contributed by atoms with E-state index in [0.717, 1.165) is 35.5 Å². The molecule has 1 aromatic rings. The first-order chi connectivity index (χ1) is 9.08. The molecule has 0 aliphatic carbocycles. The Kier molecular flexibility index (Phi) is 3.89. The number of hydrogen-bond donors (Lipinski definition) is 0. The van der Waals surface area contributed by atoms with E-state index in [2.05, 4.69) is 37.5 Å². The van der Waals surface area contributed by atoms with Crippen molar-refractivity contribution in [1.82, 2.24) is 4.90 Å². The summed E-state index contributed by atoms with van der Waals surface area (Å²) < 4.78 is 13.4. The lowest BCUT2D eigenvalue weighted by atomic mass is 9.97. The fourth-order valence-electron chi connectivity index (χ4n) is 2.45. The Hall–Kier alpha value is -1.83. The molecule has 1 aliphatic rings. The van der Waals surface area contributed by atoms with Gasteiger partial charge in [0.25, 0.3) is 0 Å². The smallest absolute Gasteiger partial charge is 0.123 e. The summed E-state index contributed by atoms with van der Waals surface area (Å²) in [4.78, 5) is 2.18. The lowest BCUT2D eigenvalue weighted by molar-refractivity contribution is 0.521. The van der Waals surface area contributed by atoms with Crippen LogP contribution >= 0.6 is 0 Å². The number of halogens is 1. The highest BCUT2D eigenvalue weighted by atomic mass is 19.1. The number of likely N-dealkylation sites (N-methyl/N-ethyl adjacent to an activating group) is 1. The summed E-state index contributed by atoms with van der Waals surface area (Å²) >= 11 is 0. The number of nitrogens with zero attached hydrogens (tertiary/aromatic N) is 1. The Bertz CT molecular complexity index is 567. The summed E-state index contributed by atoms with van der Waals surface area (Å²) in [6.07, 6.45) is 4.99. The molecule has 0 radical (unpaired) electrons. The summed E-state index contributed by atoms with van der Waals surface area (Å²) in [6.45, 7) is 11.2. The van der Waals surface area contributed by atoms with E-state index in [0.29, 0.717) is 0 Å². The fourth-order valence-corrected chi connectivity index (χ4v) is 2.45. The molecule has 1 heterocycles. The van der Waals surface area contributed by atoms with Gasteiger partial charge in [-0.15, -0.1) is 0 Å². The van der Waals surface area contributed by atoms with Crippen LogP contribution in [0.2, 0.25) is 0 Å². The molecule has 1 aromatic carbocycles. The van der Waals surface area contributed by atoms with Crippen molar-refractivity contribution < 1.29 is 4.39 Å². The second-order valence-electron chi connectivity index (χ2n) is 4.75. The Balaban J connectivity index is 2.54. The fraction of sp³-hybridized carbons (Fsp3) is 0.294. The predicted molar refractivity (Wildman–Crippen MR) is 79.0 cm³/mol. The maximum atomic E-state index is 13.4. The second-order valence-corrected chi connectivity index (χ2v) is 4.75. The average molecular weight is 257 g/mol. The van der Waals surface area contributed by atoms with Gasteiger partial charge in [0.05, 0.1) is 0 Å². The summed E-state index contributed by atoms with van der Waals surface area (Å²) in [7, 11) is 0. The van der Waals surface area contributed by atoms with Crippen LogP contribution in [0.5, 0.6) is 0 Å². The van der Waals surface area contributed by atoms with Gasteiger partial charge in [-0.25, -0.2) is 4.39 Å². The summed E-state index contributed by atoms with van der Waals surface area (Å²) in [6, 6.07) is 5.01. The first kappa shape index (κ1) is 13.6. The van der Waals surface area contributed by atoms with Crippen molar-refractivity contribution in [2.75, 3.05) is 6.54 Å². The topological polar surface area (TPSA) is 3.24 Å². The van der Waals surface area contributed by atoms with Gasteiger partial charge in [-0.05, 0) is 55.7 Å². The second kappa shape index (κ2) is 5.43. The molecule has 0 unspecified atom stereocenters. The van der Waals surface area contributed by atoms with Gasteiger partial charge in [0.2, 0.25) is 0 Å². The Morgan fingerprint density at radius 2 is 1.95 bits per heavy atom. The molecule has 0 saturated heterocycles. The third-order valence-electron chi connectivity index (χ3n) is 3.60. The first-order valence-corrected chi connectivity index (χ1v) is 6.72. The molecule has 0 atom stereocenters. The Morgan fingerprint density at radius 3 is 2.58 bits per heavy atom. The number of hydrogen-bond acceptors (Lipinski definition) is 1. The van der Waals surface area contributed by atoms with Gasteiger partial charge in [0.1, 0.15) is 5.82 Å². The monoisotopic (exact) mass is 257 g/mol. The molecule has 19 heavy (non-hydrogen) atoms. The SMILES string of the molecule is C=C1C(C)=CC=C(c2ccc(F)cc2CC)N1CC. The third kappa shape index (κ3) is 2.48. The maximum absolute atomic E-state index is 13.4. The van der Waals surface area contributed by atoms with Gasteiger partial charge in [-0.3, -0.25) is 0 Å². The van der Waals surface area contributed by atoms with Gasteiger partial charge in [0.15, 0.2) is 0 Å². The molecule has 1 nitrogen and oxygen atoms in total. The number of benzene rings is 1. The zero-order valence-electron chi connectivity index (χ0n) is 11.8. The van der Waals surface area contributed by atoms with Gasteiger partial charge < -0.3 is 4.90 Å². The molecule has 2 heteroatoms. The lowest BCUT2D eigenvalue weighted by Gasteiger charge is -2.32. The Labute approximate surface area is 114 Å². The van der Waals surface area contributed by atoms with E-state index in [9.17, 15) is 4.39 Å². The van der Waals surface area contributed by atoms with Gasteiger partial charge in [0, 0.05) is 23.5 Å². The first-order valence-electron chi connectivity index (χ1n) is 6.72. The molecular weight excluding hydrogens is 237 g/mol. The predicted octanol–water partition coefficient (Wildman–Crippen LogP) is 4.52. The minimum Gasteiger partial charge on any atom is -0.342 e. The molecule has 0 bridgehead atoms. The van der Waals surface area contributed by atoms with Crippen molar-refractivity contribution in [3.05, 3.63) is 65.1 Å². The zero-order chi connectivity index (χ0) is 14.0. The molecule has 1 aliphatic heterocycles. The van der Waals surface area contributed by atoms with E-state index in [4.69, 9.17) is 0 Å². The summed E-state index contributed by atoms with van der Waals surface area (Å²) in [5.41, 5.74) is 5.42. The van der Waals surface area contributed by atoms with Crippen molar-refractivity contribution in [1.29, 1.82) is 0 Å². The lowest BCUT2D eigenvalue weighted by Crippen LogP contribution is -2.24. The maximum Gasteiger partial charge on any atom is 0.123 e. The van der Waals surface area contributed by atoms with E-state index < -0.39 is 0 Å². The molecule has 0 fully saturated rings. The summed E-state index contributed by atoms with van der Waals surface area (Å²) in [5.74, 6) is -0.175. The van der Waals surface area contributed by atoms with E-state index in [1.54, 1.807) is 6.07 Å². The normalized spacial score (nSPS) is 15.4. The van der Waals surface area contributed by atoms with Gasteiger partial charge in [-0.2, -0.15) is 0 Å². The van der Waals surface area contributed by atoms with Crippen LogP contribution in [0, 0.1) is 5.82 Å². The van der Waals surface area contributed by atoms with E-state index >= 15 is 0 Å². The van der Waals surface area contributed by atoms with Crippen molar-refractivity contribution in [2.45, 2.75) is 27.2 Å². The number of rotatable bonds is 3. The highest BCUT2D eigenvalue weighted by Crippen LogP contribution is 2.32. The Morgan fingerprint density at radius 1 is 1.21 bits per heavy atom. The van der Waals surface area contributed by atoms with Crippen LogP contribution < -0.4 is 0 Å². The van der Waals surface area contributed by atoms with Crippen molar-refractivity contribution in [2.24, 2.45) is 0 Å². The molecular formula is C17H20FN. The average Bonchev–Trinajstić information content (AvgIpc) is 2.41. The molecule has 2 rings (SSSR count). The van der Waals surface area contributed by atoms with Crippen molar-refractivity contribution in [3.8, 4) is 0 Å². The van der Waals surface area contributed by atoms with Crippen molar-refractivity contribution >= 4 is 5.70 Å². The highest BCUT2D eigenvalue weighted by Gasteiger charge is 2.19. The van der Waals surface area contributed by atoms with Crippen LogP contribution in [0.1, 0.15) is 31.9 Å². The van der Waals surface area contributed by atoms with Gasteiger partial charge >= 0.3 is 0 Å². The zero-order valence-corrected chi connectivity index (χ0v) is 11.8. The van der Waals surface area contributed by atoms with Crippen molar-refractivity contribution in [3.63, 3.8) is 0 Å². The molecule has 0 aromatic heterocycles. The van der Waals surface area contributed by atoms with Crippen LogP contribution in [0.3, 0.4) is 0 Å². The molecule has 0 spiro atoms. The number of allylic oxidation sites excluding steroid dienone is 3. The van der Waals surface area contributed by atoms with Gasteiger partial charge in [-0.1, -0.05) is 19.6 Å². The quantitative estimate of drug-likeness (QED) is 0.769. The van der Waals surface area contributed by atoms with E-state index in [1.165, 1.54) is 11.6 Å². The molecule has 100 valence electrons. The molecule has 0 amide bonds. The minimum absolute atomic E-state index is 0.175. The number of aryl methyl sites for hydroxylation is 1. The van der Waals surface area contributed by atoms with E-state index in [-0.39, 0.29) is 5.82 Å². The van der Waals surface area contributed by atoms with Crippen LogP contribution in [-0.2, 0) is 6.42 Å². The largest absolute Gasteiger partial charge is 0.342 e. The van der Waals surface area contributed by atoms with Crippen LogP contribution in [0.25, 0.3) is 5.70 Å². The highest BCUT2D eigenvalue weighted by molar-refractivity contribution is 5.72. The summed E-state index contributed by atoms with van der Waals surface area (Å²) in [5, 5.41) is 0. The molecule has 0 saturated carbocycles. The van der Waals surface area contributed by atoms with E-state index in [1.807, 2.05) is 13.0 Å². The van der Waals surface area contributed by atoms with Crippen LogP contribution in [-0.4, -0.2) is 11.4 Å². The van der Waals surface area contributed by atoms with Crippen LogP contribution in [0.15, 0.2) is 48.2 Å². The third-order valence-corrected chi connectivity index (χ3v) is 3.60. The standard InChI is InChI=1S/C17H20FN/c1-5-14-11-15(18)8-9-16(14)17-10-7-12(3)13(4)19(17)6-2/h7-11H,4-6H2,1-3H3. The van der Waals surface area contributed by atoms with Crippen LogP contribution in [0.4, 0.5) is 4.39 Å².